The van der Waals surface area contributed by atoms with Crippen molar-refractivity contribution in [3.63, 3.8) is 0 Å². The summed E-state index contributed by atoms with van der Waals surface area (Å²) in [5.41, 5.74) is 4.06. The van der Waals surface area contributed by atoms with Gasteiger partial charge in [0.15, 0.2) is 0 Å². The minimum atomic E-state index is -0.486. The van der Waals surface area contributed by atoms with E-state index in [1.165, 1.54) is 0 Å². The van der Waals surface area contributed by atoms with Crippen molar-refractivity contribution in [3.8, 4) is 23.3 Å². The van der Waals surface area contributed by atoms with Gasteiger partial charge in [-0.15, -0.1) is 0 Å². The van der Waals surface area contributed by atoms with Crippen LogP contribution in [0.2, 0.25) is 0 Å². The monoisotopic (exact) mass is 401 g/mol. The molecule has 0 atom stereocenters. The van der Waals surface area contributed by atoms with Crippen LogP contribution in [0.4, 0.5) is 5.69 Å². The molecule has 6 nitrogen and oxygen atoms in total. The highest BCUT2D eigenvalue weighted by Crippen LogP contribution is 2.24. The average molecular weight is 401 g/mol. The smallest absolute Gasteiger partial charge is 0.266 e. The first-order chi connectivity index (χ1) is 14.4. The van der Waals surface area contributed by atoms with Crippen LogP contribution >= 0.6 is 0 Å². The summed E-state index contributed by atoms with van der Waals surface area (Å²) in [4.78, 5) is 12.7. The Labute approximate surface area is 175 Å². The number of phenolic OH excluding ortho intramolecular Hbond substituents is 1. The summed E-state index contributed by atoms with van der Waals surface area (Å²) < 4.78 is 7.45. The third kappa shape index (κ3) is 4.53. The van der Waals surface area contributed by atoms with Crippen LogP contribution in [0.25, 0.3) is 11.8 Å². The Balaban J connectivity index is 1.88. The Hall–Kier alpha value is -3.98. The summed E-state index contributed by atoms with van der Waals surface area (Å²) in [6.45, 7) is 6.28. The van der Waals surface area contributed by atoms with E-state index in [0.29, 0.717) is 18.0 Å². The van der Waals surface area contributed by atoms with Crippen molar-refractivity contribution in [2.75, 3.05) is 11.9 Å². The summed E-state index contributed by atoms with van der Waals surface area (Å²) in [6.07, 6.45) is 1.58. The molecule has 0 aliphatic heterocycles. The number of ether oxygens (including phenoxy) is 1. The number of nitrogens with zero attached hydrogens (tertiary/aromatic N) is 2. The summed E-state index contributed by atoms with van der Waals surface area (Å²) in [6, 6.07) is 17.8. The molecule has 1 heterocycles. The van der Waals surface area contributed by atoms with Crippen LogP contribution in [0.1, 0.15) is 23.9 Å². The lowest BCUT2D eigenvalue weighted by atomic mass is 10.1. The fourth-order valence-electron chi connectivity index (χ4n) is 3.27. The SMILES string of the molecule is CCOc1cccc(NC(=O)/C(C#N)=C\c2cc(C)n(-c3ccc(O)cc3)c2C)c1. The zero-order chi connectivity index (χ0) is 21.7. The molecule has 0 aliphatic rings. The van der Waals surface area contributed by atoms with Crippen LogP contribution in [-0.4, -0.2) is 22.2 Å². The number of hydrogen-bond donors (Lipinski definition) is 2. The van der Waals surface area contributed by atoms with E-state index in [1.54, 1.807) is 42.5 Å². The highest BCUT2D eigenvalue weighted by Gasteiger charge is 2.14. The lowest BCUT2D eigenvalue weighted by molar-refractivity contribution is -0.112. The standard InChI is InChI=1S/C24H23N3O3/c1-4-30-23-7-5-6-20(14-23)26-24(29)19(15-25)13-18-12-16(2)27(17(18)3)21-8-10-22(28)11-9-21/h5-14,28H,4H2,1-3H3,(H,26,29)/b19-13-. The number of hydrogen-bond acceptors (Lipinski definition) is 4. The Kier molecular flexibility index (Phi) is 6.23. The van der Waals surface area contributed by atoms with Gasteiger partial charge in [0.25, 0.3) is 5.91 Å². The highest BCUT2D eigenvalue weighted by atomic mass is 16.5. The molecule has 0 unspecified atom stereocenters. The fraction of sp³-hybridized carbons (Fsp3) is 0.167. The molecule has 3 aromatic rings. The van der Waals surface area contributed by atoms with Gasteiger partial charge in [-0.05, 0) is 74.9 Å². The number of nitriles is 1. The predicted octanol–water partition coefficient (Wildman–Crippen LogP) is 4.74. The third-order valence-electron chi connectivity index (χ3n) is 4.65. The van der Waals surface area contributed by atoms with Crippen LogP contribution in [-0.2, 0) is 4.79 Å². The third-order valence-corrected chi connectivity index (χ3v) is 4.65. The highest BCUT2D eigenvalue weighted by molar-refractivity contribution is 6.09. The van der Waals surface area contributed by atoms with Crippen LogP contribution in [0, 0.1) is 25.2 Å². The van der Waals surface area contributed by atoms with Gasteiger partial charge in [-0.3, -0.25) is 4.79 Å². The summed E-state index contributed by atoms with van der Waals surface area (Å²) in [5, 5.41) is 21.8. The fourth-order valence-corrected chi connectivity index (χ4v) is 3.27. The molecule has 1 amide bonds. The molecule has 2 aromatic carbocycles. The number of carbonyl (C=O) groups excluding carboxylic acids is 1. The number of benzene rings is 2. The molecule has 0 saturated heterocycles. The number of amides is 1. The van der Waals surface area contributed by atoms with Crippen molar-refractivity contribution in [3.05, 3.63) is 77.1 Å². The van der Waals surface area contributed by atoms with Gasteiger partial charge in [0.2, 0.25) is 0 Å². The first-order valence-corrected chi connectivity index (χ1v) is 9.57. The van der Waals surface area contributed by atoms with Gasteiger partial charge in [0.1, 0.15) is 23.1 Å². The van der Waals surface area contributed by atoms with Gasteiger partial charge in [-0.25, -0.2) is 0 Å². The van der Waals surface area contributed by atoms with Crippen molar-refractivity contribution in [2.24, 2.45) is 0 Å². The molecular formula is C24H23N3O3. The molecular weight excluding hydrogens is 378 g/mol. The number of phenols is 1. The van der Waals surface area contributed by atoms with Crippen molar-refractivity contribution in [1.29, 1.82) is 5.26 Å². The molecule has 152 valence electrons. The Bertz CT molecular complexity index is 1140. The molecule has 2 N–H and O–H groups in total. The molecule has 3 rings (SSSR count). The van der Waals surface area contributed by atoms with E-state index in [4.69, 9.17) is 4.74 Å². The lowest BCUT2D eigenvalue weighted by Gasteiger charge is -2.10. The lowest BCUT2D eigenvalue weighted by Crippen LogP contribution is -2.13. The molecule has 0 aliphatic carbocycles. The molecule has 0 radical (unpaired) electrons. The second-order valence-electron chi connectivity index (χ2n) is 6.76. The molecule has 1 aromatic heterocycles. The number of nitrogens with one attached hydrogen (secondary N) is 1. The Morgan fingerprint density at radius 3 is 2.60 bits per heavy atom. The number of aryl methyl sites for hydroxylation is 1. The van der Waals surface area contributed by atoms with E-state index >= 15 is 0 Å². The summed E-state index contributed by atoms with van der Waals surface area (Å²) in [5.74, 6) is 0.356. The summed E-state index contributed by atoms with van der Waals surface area (Å²) >= 11 is 0. The van der Waals surface area contributed by atoms with E-state index in [-0.39, 0.29) is 11.3 Å². The second-order valence-corrected chi connectivity index (χ2v) is 6.76. The van der Waals surface area contributed by atoms with Crippen LogP contribution < -0.4 is 10.1 Å². The van der Waals surface area contributed by atoms with E-state index in [0.717, 1.165) is 22.6 Å². The van der Waals surface area contributed by atoms with Gasteiger partial charge in [0.05, 0.1) is 6.61 Å². The zero-order valence-electron chi connectivity index (χ0n) is 17.1. The zero-order valence-corrected chi connectivity index (χ0v) is 17.1. The van der Waals surface area contributed by atoms with E-state index in [1.807, 2.05) is 49.6 Å². The first-order valence-electron chi connectivity index (χ1n) is 9.57. The minimum absolute atomic E-state index is 0.00256. The number of aromatic hydroxyl groups is 1. The van der Waals surface area contributed by atoms with Gasteiger partial charge in [-0.1, -0.05) is 6.07 Å². The molecule has 0 fully saturated rings. The predicted molar refractivity (Wildman–Crippen MR) is 117 cm³/mol. The quantitative estimate of drug-likeness (QED) is 0.461. The molecule has 30 heavy (non-hydrogen) atoms. The van der Waals surface area contributed by atoms with Crippen molar-refractivity contribution >= 4 is 17.7 Å². The van der Waals surface area contributed by atoms with Crippen LogP contribution in [0.5, 0.6) is 11.5 Å². The first kappa shape index (κ1) is 20.7. The van der Waals surface area contributed by atoms with E-state index in [9.17, 15) is 15.2 Å². The molecule has 0 spiro atoms. The molecule has 6 heteroatoms. The van der Waals surface area contributed by atoms with Crippen molar-refractivity contribution in [2.45, 2.75) is 20.8 Å². The van der Waals surface area contributed by atoms with Crippen LogP contribution in [0.3, 0.4) is 0 Å². The molecule has 0 saturated carbocycles. The number of carbonyl (C=O) groups is 1. The maximum atomic E-state index is 12.7. The normalized spacial score (nSPS) is 11.1. The van der Waals surface area contributed by atoms with Gasteiger partial charge < -0.3 is 19.7 Å². The second kappa shape index (κ2) is 9.01. The van der Waals surface area contributed by atoms with Crippen molar-refractivity contribution < 1.29 is 14.6 Å². The Morgan fingerprint density at radius 2 is 1.93 bits per heavy atom. The minimum Gasteiger partial charge on any atom is -0.508 e. The maximum Gasteiger partial charge on any atom is 0.266 e. The van der Waals surface area contributed by atoms with E-state index in [2.05, 4.69) is 5.32 Å². The van der Waals surface area contributed by atoms with Gasteiger partial charge in [-0.2, -0.15) is 5.26 Å². The van der Waals surface area contributed by atoms with Crippen LogP contribution in [0.15, 0.2) is 60.2 Å². The largest absolute Gasteiger partial charge is 0.508 e. The van der Waals surface area contributed by atoms with Crippen molar-refractivity contribution in [1.82, 2.24) is 4.57 Å². The number of aromatic nitrogens is 1. The summed E-state index contributed by atoms with van der Waals surface area (Å²) in [7, 11) is 0. The van der Waals surface area contributed by atoms with E-state index < -0.39 is 5.91 Å². The maximum absolute atomic E-state index is 12.7. The Morgan fingerprint density at radius 1 is 1.20 bits per heavy atom. The van der Waals surface area contributed by atoms with Gasteiger partial charge >= 0.3 is 0 Å². The number of rotatable bonds is 6. The topological polar surface area (TPSA) is 87.3 Å². The average Bonchev–Trinajstić information content (AvgIpc) is 3.00. The van der Waals surface area contributed by atoms with Gasteiger partial charge in [0, 0.05) is 28.8 Å². The number of anilines is 1. The molecule has 0 bridgehead atoms.